The molecule has 0 aromatic heterocycles. The van der Waals surface area contributed by atoms with E-state index in [1.54, 1.807) is 25.3 Å². The molecular formula is C18H20Cl2N2O3. The normalized spacial score (nSPS) is 10.4. The Kier molecular flexibility index (Phi) is 7.85. The van der Waals surface area contributed by atoms with Crippen molar-refractivity contribution in [2.45, 2.75) is 6.42 Å². The van der Waals surface area contributed by atoms with Gasteiger partial charge in [0.05, 0.1) is 7.11 Å². The van der Waals surface area contributed by atoms with Crippen molar-refractivity contribution in [3.8, 4) is 11.5 Å². The fraction of sp³-hybridized carbons (Fsp3) is 0.278. The van der Waals surface area contributed by atoms with Gasteiger partial charge in [-0.1, -0.05) is 23.2 Å². The fourth-order valence-electron chi connectivity index (χ4n) is 2.09. The number of carbonyl (C=O) groups is 1. The molecule has 0 radical (unpaired) electrons. The first kappa shape index (κ1) is 19.4. The van der Waals surface area contributed by atoms with Gasteiger partial charge in [0.25, 0.3) is 0 Å². The van der Waals surface area contributed by atoms with Gasteiger partial charge in [0.1, 0.15) is 18.1 Å². The minimum atomic E-state index is -0.109. The molecule has 134 valence electrons. The second-order valence-electron chi connectivity index (χ2n) is 5.23. The SMILES string of the molecule is COc1ccc(OCCNCCC(=O)Nc2cc(Cl)cc(Cl)c2)cc1. The molecule has 25 heavy (non-hydrogen) atoms. The predicted octanol–water partition coefficient (Wildman–Crippen LogP) is 4.00. The number of anilines is 1. The quantitative estimate of drug-likeness (QED) is 0.643. The average Bonchev–Trinajstić information content (AvgIpc) is 2.57. The summed E-state index contributed by atoms with van der Waals surface area (Å²) in [4.78, 5) is 11.9. The maximum atomic E-state index is 11.9. The standard InChI is InChI=1S/C18H20Cl2N2O3/c1-24-16-2-4-17(5-3-16)25-9-8-21-7-6-18(23)22-15-11-13(19)10-14(20)12-15/h2-5,10-12,21H,6-9H2,1H3,(H,22,23). The zero-order chi connectivity index (χ0) is 18.1. The van der Waals surface area contributed by atoms with Gasteiger partial charge in [0, 0.05) is 35.2 Å². The Hall–Kier alpha value is -1.95. The van der Waals surface area contributed by atoms with Crippen LogP contribution in [0.4, 0.5) is 5.69 Å². The molecule has 0 unspecified atom stereocenters. The maximum Gasteiger partial charge on any atom is 0.225 e. The van der Waals surface area contributed by atoms with Crippen molar-refractivity contribution >= 4 is 34.8 Å². The summed E-state index contributed by atoms with van der Waals surface area (Å²) in [5, 5.41) is 6.88. The topological polar surface area (TPSA) is 59.6 Å². The Morgan fingerprint density at radius 2 is 1.64 bits per heavy atom. The van der Waals surface area contributed by atoms with Crippen LogP contribution in [0.25, 0.3) is 0 Å². The molecule has 1 amide bonds. The van der Waals surface area contributed by atoms with Crippen molar-refractivity contribution in [3.05, 3.63) is 52.5 Å². The summed E-state index contributed by atoms with van der Waals surface area (Å²) < 4.78 is 10.7. The van der Waals surface area contributed by atoms with Crippen LogP contribution >= 0.6 is 23.2 Å². The van der Waals surface area contributed by atoms with Gasteiger partial charge in [-0.3, -0.25) is 4.79 Å². The fourth-order valence-corrected chi connectivity index (χ4v) is 2.62. The van der Waals surface area contributed by atoms with Gasteiger partial charge < -0.3 is 20.1 Å². The third-order valence-electron chi connectivity index (χ3n) is 3.28. The number of ether oxygens (including phenoxy) is 2. The van der Waals surface area contributed by atoms with Crippen molar-refractivity contribution in [1.82, 2.24) is 5.32 Å². The van der Waals surface area contributed by atoms with Crippen molar-refractivity contribution in [1.29, 1.82) is 0 Å². The van der Waals surface area contributed by atoms with Crippen LogP contribution in [-0.4, -0.2) is 32.7 Å². The van der Waals surface area contributed by atoms with Crippen LogP contribution in [0.5, 0.6) is 11.5 Å². The number of carbonyl (C=O) groups excluding carboxylic acids is 1. The summed E-state index contributed by atoms with van der Waals surface area (Å²) in [5.41, 5.74) is 0.588. The summed E-state index contributed by atoms with van der Waals surface area (Å²) in [6.07, 6.45) is 0.340. The van der Waals surface area contributed by atoms with Crippen molar-refractivity contribution in [3.63, 3.8) is 0 Å². The highest BCUT2D eigenvalue weighted by molar-refractivity contribution is 6.35. The third-order valence-corrected chi connectivity index (χ3v) is 3.72. The van der Waals surface area contributed by atoms with E-state index in [-0.39, 0.29) is 5.91 Å². The first-order valence-corrected chi connectivity index (χ1v) is 8.56. The third kappa shape index (κ3) is 7.22. The highest BCUT2D eigenvalue weighted by Gasteiger charge is 2.04. The number of hydrogen-bond acceptors (Lipinski definition) is 4. The number of hydrogen-bond donors (Lipinski definition) is 2. The minimum Gasteiger partial charge on any atom is -0.497 e. The Labute approximate surface area is 157 Å². The summed E-state index contributed by atoms with van der Waals surface area (Å²) in [6.45, 7) is 1.70. The molecule has 0 aliphatic heterocycles. The van der Waals surface area contributed by atoms with Gasteiger partial charge in [0.15, 0.2) is 0 Å². The van der Waals surface area contributed by atoms with Gasteiger partial charge in [-0.2, -0.15) is 0 Å². The molecule has 0 fully saturated rings. The molecule has 2 rings (SSSR count). The molecule has 0 heterocycles. The Bertz CT molecular complexity index is 673. The lowest BCUT2D eigenvalue weighted by Gasteiger charge is -2.09. The molecule has 0 bridgehead atoms. The van der Waals surface area contributed by atoms with E-state index in [0.29, 0.717) is 41.8 Å². The smallest absolute Gasteiger partial charge is 0.225 e. The molecule has 0 aliphatic carbocycles. The number of halogens is 2. The van der Waals surface area contributed by atoms with Crippen LogP contribution in [-0.2, 0) is 4.79 Å². The number of methoxy groups -OCH3 is 1. The van der Waals surface area contributed by atoms with E-state index in [4.69, 9.17) is 32.7 Å². The molecule has 0 spiro atoms. The van der Waals surface area contributed by atoms with E-state index in [0.717, 1.165) is 11.5 Å². The molecule has 5 nitrogen and oxygen atoms in total. The summed E-state index contributed by atoms with van der Waals surface area (Å²) in [7, 11) is 1.62. The number of benzene rings is 2. The molecule has 0 saturated carbocycles. The Balaban J connectivity index is 1.59. The largest absolute Gasteiger partial charge is 0.497 e. The van der Waals surface area contributed by atoms with Crippen LogP contribution in [0.15, 0.2) is 42.5 Å². The van der Waals surface area contributed by atoms with Gasteiger partial charge in [0.2, 0.25) is 5.91 Å². The van der Waals surface area contributed by atoms with Crippen molar-refractivity contribution in [2.75, 3.05) is 32.1 Å². The van der Waals surface area contributed by atoms with E-state index in [1.165, 1.54) is 0 Å². The minimum absolute atomic E-state index is 0.109. The number of rotatable bonds is 9. The first-order valence-electron chi connectivity index (χ1n) is 7.80. The Morgan fingerprint density at radius 3 is 2.28 bits per heavy atom. The number of amides is 1. The van der Waals surface area contributed by atoms with E-state index in [1.807, 2.05) is 24.3 Å². The molecule has 7 heteroatoms. The first-order chi connectivity index (χ1) is 12.1. The molecular weight excluding hydrogens is 363 g/mol. The lowest BCUT2D eigenvalue weighted by Crippen LogP contribution is -2.25. The lowest BCUT2D eigenvalue weighted by atomic mass is 10.3. The maximum absolute atomic E-state index is 11.9. The second-order valence-corrected chi connectivity index (χ2v) is 6.10. The van der Waals surface area contributed by atoms with Gasteiger partial charge in [-0.25, -0.2) is 0 Å². The predicted molar refractivity (Wildman–Crippen MR) is 101 cm³/mol. The zero-order valence-electron chi connectivity index (χ0n) is 13.9. The molecule has 2 N–H and O–H groups in total. The Morgan fingerprint density at radius 1 is 1.00 bits per heavy atom. The molecule has 0 saturated heterocycles. The van der Waals surface area contributed by atoms with Crippen molar-refractivity contribution < 1.29 is 14.3 Å². The molecule has 0 aliphatic rings. The van der Waals surface area contributed by atoms with E-state index >= 15 is 0 Å². The monoisotopic (exact) mass is 382 g/mol. The van der Waals surface area contributed by atoms with Crippen LogP contribution < -0.4 is 20.1 Å². The highest BCUT2D eigenvalue weighted by Crippen LogP contribution is 2.22. The van der Waals surface area contributed by atoms with Crippen LogP contribution in [0.3, 0.4) is 0 Å². The van der Waals surface area contributed by atoms with Crippen LogP contribution in [0.2, 0.25) is 10.0 Å². The summed E-state index contributed by atoms with van der Waals surface area (Å²) in [5.74, 6) is 1.46. The van der Waals surface area contributed by atoms with E-state index < -0.39 is 0 Å². The van der Waals surface area contributed by atoms with Gasteiger partial charge in [-0.05, 0) is 42.5 Å². The summed E-state index contributed by atoms with van der Waals surface area (Å²) in [6, 6.07) is 12.3. The van der Waals surface area contributed by atoms with E-state index in [2.05, 4.69) is 10.6 Å². The van der Waals surface area contributed by atoms with Crippen LogP contribution in [0.1, 0.15) is 6.42 Å². The van der Waals surface area contributed by atoms with Gasteiger partial charge >= 0.3 is 0 Å². The van der Waals surface area contributed by atoms with Crippen molar-refractivity contribution in [2.24, 2.45) is 0 Å². The highest BCUT2D eigenvalue weighted by atomic mass is 35.5. The molecule has 2 aromatic rings. The van der Waals surface area contributed by atoms with E-state index in [9.17, 15) is 4.79 Å². The average molecular weight is 383 g/mol. The number of nitrogens with one attached hydrogen (secondary N) is 2. The molecule has 0 atom stereocenters. The molecule has 2 aromatic carbocycles. The summed E-state index contributed by atoms with van der Waals surface area (Å²) >= 11 is 11.8. The lowest BCUT2D eigenvalue weighted by molar-refractivity contribution is -0.116. The zero-order valence-corrected chi connectivity index (χ0v) is 15.4. The van der Waals surface area contributed by atoms with Gasteiger partial charge in [-0.15, -0.1) is 0 Å². The van der Waals surface area contributed by atoms with Crippen LogP contribution in [0, 0.1) is 0 Å². The second kappa shape index (κ2) is 10.1.